The third-order valence-electron chi connectivity index (χ3n) is 4.22. The SMILES string of the molecule is CC(OCc1ccccc1)C(=O)NCCCN1CCC(O)CC1. The summed E-state index contributed by atoms with van der Waals surface area (Å²) in [5.74, 6) is -0.0602. The van der Waals surface area contributed by atoms with Gasteiger partial charge < -0.3 is 20.1 Å². The van der Waals surface area contributed by atoms with E-state index in [4.69, 9.17) is 4.74 Å². The number of rotatable bonds is 8. The predicted octanol–water partition coefficient (Wildman–Crippen LogP) is 1.55. The Morgan fingerprint density at radius 1 is 1.35 bits per heavy atom. The van der Waals surface area contributed by atoms with Crippen LogP contribution < -0.4 is 5.32 Å². The first-order chi connectivity index (χ1) is 11.1. The fourth-order valence-electron chi connectivity index (χ4n) is 2.67. The highest BCUT2D eigenvalue weighted by Crippen LogP contribution is 2.09. The lowest BCUT2D eigenvalue weighted by atomic mass is 10.1. The predicted molar refractivity (Wildman–Crippen MR) is 90.0 cm³/mol. The number of aliphatic hydroxyl groups is 1. The van der Waals surface area contributed by atoms with Crippen molar-refractivity contribution in [3.8, 4) is 0 Å². The molecule has 1 saturated heterocycles. The van der Waals surface area contributed by atoms with Gasteiger partial charge in [-0.3, -0.25) is 4.79 Å². The Bertz CT molecular complexity index is 459. The summed E-state index contributed by atoms with van der Waals surface area (Å²) >= 11 is 0. The normalized spacial score (nSPS) is 17.8. The molecular formula is C18H28N2O3. The molecule has 1 amide bonds. The molecule has 1 fully saturated rings. The fraction of sp³-hybridized carbons (Fsp3) is 0.611. The number of aliphatic hydroxyl groups excluding tert-OH is 1. The molecule has 1 heterocycles. The molecule has 1 unspecified atom stereocenters. The number of piperidine rings is 1. The summed E-state index contributed by atoms with van der Waals surface area (Å²) in [6.45, 7) is 5.76. The highest BCUT2D eigenvalue weighted by molar-refractivity contribution is 5.80. The Morgan fingerprint density at radius 2 is 2.04 bits per heavy atom. The number of hydrogen-bond donors (Lipinski definition) is 2. The van der Waals surface area contributed by atoms with Crippen LogP contribution in [0.5, 0.6) is 0 Å². The Morgan fingerprint density at radius 3 is 2.74 bits per heavy atom. The Labute approximate surface area is 138 Å². The monoisotopic (exact) mass is 320 g/mol. The molecular weight excluding hydrogens is 292 g/mol. The quantitative estimate of drug-likeness (QED) is 0.714. The van der Waals surface area contributed by atoms with E-state index in [-0.39, 0.29) is 12.0 Å². The number of ether oxygens (including phenoxy) is 1. The number of amides is 1. The number of benzene rings is 1. The third-order valence-corrected chi connectivity index (χ3v) is 4.22. The molecule has 5 nitrogen and oxygen atoms in total. The minimum atomic E-state index is -0.444. The first kappa shape index (κ1) is 17.9. The van der Waals surface area contributed by atoms with Crippen molar-refractivity contribution >= 4 is 5.91 Å². The molecule has 0 saturated carbocycles. The van der Waals surface area contributed by atoms with Gasteiger partial charge in [-0.2, -0.15) is 0 Å². The highest BCUT2D eigenvalue weighted by Gasteiger charge is 2.17. The third kappa shape index (κ3) is 6.69. The average Bonchev–Trinajstić information content (AvgIpc) is 2.59. The van der Waals surface area contributed by atoms with Gasteiger partial charge in [-0.25, -0.2) is 0 Å². The minimum Gasteiger partial charge on any atom is -0.393 e. The maximum absolute atomic E-state index is 12.0. The molecule has 1 atom stereocenters. The number of hydrogen-bond acceptors (Lipinski definition) is 4. The lowest BCUT2D eigenvalue weighted by molar-refractivity contribution is -0.132. The zero-order valence-corrected chi connectivity index (χ0v) is 13.9. The molecule has 2 rings (SSSR count). The zero-order chi connectivity index (χ0) is 16.5. The topological polar surface area (TPSA) is 61.8 Å². The van der Waals surface area contributed by atoms with Crippen LogP contribution in [0.2, 0.25) is 0 Å². The van der Waals surface area contributed by atoms with Crippen molar-refractivity contribution in [1.29, 1.82) is 0 Å². The van der Waals surface area contributed by atoms with Gasteiger partial charge in [0.25, 0.3) is 0 Å². The maximum atomic E-state index is 12.0. The molecule has 1 aliphatic rings. The van der Waals surface area contributed by atoms with E-state index in [0.29, 0.717) is 13.2 Å². The summed E-state index contributed by atoms with van der Waals surface area (Å²) < 4.78 is 5.60. The van der Waals surface area contributed by atoms with Gasteiger partial charge >= 0.3 is 0 Å². The molecule has 0 radical (unpaired) electrons. The summed E-state index contributed by atoms with van der Waals surface area (Å²) in [7, 11) is 0. The zero-order valence-electron chi connectivity index (χ0n) is 13.9. The van der Waals surface area contributed by atoms with Crippen molar-refractivity contribution in [2.24, 2.45) is 0 Å². The van der Waals surface area contributed by atoms with Gasteiger partial charge in [0.15, 0.2) is 0 Å². The summed E-state index contributed by atoms with van der Waals surface area (Å²) in [6, 6.07) is 9.86. The van der Waals surface area contributed by atoms with E-state index >= 15 is 0 Å². The lowest BCUT2D eigenvalue weighted by Crippen LogP contribution is -2.39. The van der Waals surface area contributed by atoms with E-state index < -0.39 is 6.10 Å². The number of carbonyl (C=O) groups excluding carboxylic acids is 1. The Hall–Kier alpha value is -1.43. The molecule has 0 aliphatic carbocycles. The number of carbonyl (C=O) groups is 1. The van der Waals surface area contributed by atoms with E-state index in [9.17, 15) is 9.90 Å². The molecule has 1 aromatic rings. The van der Waals surface area contributed by atoms with Crippen LogP contribution in [0.15, 0.2) is 30.3 Å². The average molecular weight is 320 g/mol. The molecule has 5 heteroatoms. The van der Waals surface area contributed by atoms with Crippen LogP contribution in [0.1, 0.15) is 31.7 Å². The molecule has 1 aliphatic heterocycles. The van der Waals surface area contributed by atoms with Crippen molar-refractivity contribution < 1.29 is 14.6 Å². The second-order valence-corrected chi connectivity index (χ2v) is 6.16. The van der Waals surface area contributed by atoms with Crippen LogP contribution >= 0.6 is 0 Å². The number of nitrogens with one attached hydrogen (secondary N) is 1. The minimum absolute atomic E-state index is 0.0602. The van der Waals surface area contributed by atoms with Gasteiger partial charge in [0.05, 0.1) is 12.7 Å². The molecule has 2 N–H and O–H groups in total. The highest BCUT2D eigenvalue weighted by atomic mass is 16.5. The van der Waals surface area contributed by atoms with Crippen LogP contribution in [0, 0.1) is 0 Å². The standard InChI is InChI=1S/C18H28N2O3/c1-15(23-14-16-6-3-2-4-7-16)18(22)19-10-5-11-20-12-8-17(21)9-13-20/h2-4,6-7,15,17,21H,5,8-14H2,1H3,(H,19,22). The van der Waals surface area contributed by atoms with Gasteiger partial charge in [-0.1, -0.05) is 30.3 Å². The lowest BCUT2D eigenvalue weighted by Gasteiger charge is -2.29. The number of nitrogens with zero attached hydrogens (tertiary/aromatic N) is 1. The van der Waals surface area contributed by atoms with Gasteiger partial charge in [-0.05, 0) is 38.3 Å². The molecule has 1 aromatic carbocycles. The van der Waals surface area contributed by atoms with Gasteiger partial charge in [0, 0.05) is 19.6 Å². The first-order valence-electron chi connectivity index (χ1n) is 8.49. The van der Waals surface area contributed by atoms with Crippen LogP contribution in [-0.4, -0.2) is 54.3 Å². The summed E-state index contributed by atoms with van der Waals surface area (Å²) in [6.07, 6.45) is 2.06. The van der Waals surface area contributed by atoms with Crippen LogP contribution in [0.25, 0.3) is 0 Å². The maximum Gasteiger partial charge on any atom is 0.248 e. The molecule has 0 aromatic heterocycles. The van der Waals surface area contributed by atoms with E-state index in [1.54, 1.807) is 6.92 Å². The van der Waals surface area contributed by atoms with Crippen molar-refractivity contribution in [1.82, 2.24) is 10.2 Å². The van der Waals surface area contributed by atoms with Crippen molar-refractivity contribution in [3.05, 3.63) is 35.9 Å². The van der Waals surface area contributed by atoms with E-state index in [0.717, 1.165) is 44.5 Å². The van der Waals surface area contributed by atoms with Crippen LogP contribution in [0.4, 0.5) is 0 Å². The van der Waals surface area contributed by atoms with Gasteiger partial charge in [0.1, 0.15) is 6.10 Å². The van der Waals surface area contributed by atoms with Crippen molar-refractivity contribution in [2.45, 2.75) is 45.0 Å². The second kappa shape index (κ2) is 9.65. The summed E-state index contributed by atoms with van der Waals surface area (Å²) in [4.78, 5) is 14.3. The molecule has 0 bridgehead atoms. The second-order valence-electron chi connectivity index (χ2n) is 6.16. The van der Waals surface area contributed by atoms with Gasteiger partial charge in [-0.15, -0.1) is 0 Å². The van der Waals surface area contributed by atoms with E-state index in [1.165, 1.54) is 0 Å². The van der Waals surface area contributed by atoms with E-state index in [1.807, 2.05) is 30.3 Å². The van der Waals surface area contributed by atoms with Crippen molar-refractivity contribution in [2.75, 3.05) is 26.2 Å². The van der Waals surface area contributed by atoms with Gasteiger partial charge in [0.2, 0.25) is 5.91 Å². The molecule has 23 heavy (non-hydrogen) atoms. The molecule has 128 valence electrons. The summed E-state index contributed by atoms with van der Waals surface area (Å²) in [5, 5.41) is 12.4. The molecule has 0 spiro atoms. The van der Waals surface area contributed by atoms with Crippen LogP contribution in [-0.2, 0) is 16.1 Å². The fourth-order valence-corrected chi connectivity index (χ4v) is 2.67. The Kier molecular flexibility index (Phi) is 7.52. The largest absolute Gasteiger partial charge is 0.393 e. The first-order valence-corrected chi connectivity index (χ1v) is 8.49. The van der Waals surface area contributed by atoms with Crippen LogP contribution in [0.3, 0.4) is 0 Å². The van der Waals surface area contributed by atoms with E-state index in [2.05, 4.69) is 10.2 Å². The van der Waals surface area contributed by atoms with Crippen molar-refractivity contribution in [3.63, 3.8) is 0 Å². The Balaban J connectivity index is 1.55. The smallest absolute Gasteiger partial charge is 0.248 e. The summed E-state index contributed by atoms with van der Waals surface area (Å²) in [5.41, 5.74) is 1.07. The number of likely N-dealkylation sites (tertiary alicyclic amines) is 1.